The van der Waals surface area contributed by atoms with Crippen LogP contribution in [0.5, 0.6) is 5.75 Å². The molecular weight excluding hydrogens is 393 g/mol. The van der Waals surface area contributed by atoms with Crippen LogP contribution in [0.15, 0.2) is 47.8 Å². The molecular formula is C21H20FN3O3S. The first-order chi connectivity index (χ1) is 14.0. The van der Waals surface area contributed by atoms with E-state index in [1.807, 2.05) is 31.2 Å². The number of hydrogen-bond acceptors (Lipinski definition) is 5. The molecule has 8 heteroatoms. The number of aromatic nitrogens is 1. The van der Waals surface area contributed by atoms with Gasteiger partial charge in [-0.15, -0.1) is 11.3 Å². The number of aryl methyl sites for hydroxylation is 1. The second-order valence-electron chi connectivity index (χ2n) is 6.21. The van der Waals surface area contributed by atoms with Crippen molar-refractivity contribution in [1.82, 2.24) is 4.98 Å². The van der Waals surface area contributed by atoms with Crippen LogP contribution in [0.1, 0.15) is 19.4 Å². The monoisotopic (exact) mass is 413 g/mol. The first-order valence-electron chi connectivity index (χ1n) is 9.00. The predicted octanol–water partition coefficient (Wildman–Crippen LogP) is 4.49. The van der Waals surface area contributed by atoms with Gasteiger partial charge in [0.15, 0.2) is 11.7 Å². The minimum absolute atomic E-state index is 0.147. The van der Waals surface area contributed by atoms with Crippen LogP contribution < -0.4 is 15.4 Å². The van der Waals surface area contributed by atoms with Gasteiger partial charge in [-0.05, 0) is 36.2 Å². The van der Waals surface area contributed by atoms with Crippen molar-refractivity contribution in [2.45, 2.75) is 20.3 Å². The Balaban J connectivity index is 1.63. The molecule has 0 unspecified atom stereocenters. The van der Waals surface area contributed by atoms with Crippen molar-refractivity contribution in [2.75, 3.05) is 17.2 Å². The van der Waals surface area contributed by atoms with E-state index >= 15 is 0 Å². The highest BCUT2D eigenvalue weighted by Gasteiger charge is 2.13. The molecule has 6 nitrogen and oxygen atoms in total. The Labute approximate surface area is 171 Å². The molecule has 0 saturated carbocycles. The Morgan fingerprint density at radius 2 is 1.97 bits per heavy atom. The second kappa shape index (κ2) is 9.29. The van der Waals surface area contributed by atoms with E-state index in [-0.39, 0.29) is 24.0 Å². The molecule has 0 aliphatic carbocycles. The fourth-order valence-electron chi connectivity index (χ4n) is 2.69. The zero-order valence-electron chi connectivity index (χ0n) is 16.0. The van der Waals surface area contributed by atoms with E-state index in [0.717, 1.165) is 12.0 Å². The normalized spacial score (nSPS) is 10.4. The summed E-state index contributed by atoms with van der Waals surface area (Å²) in [6.45, 7) is 3.22. The molecule has 0 bridgehead atoms. The Morgan fingerprint density at radius 1 is 1.17 bits per heavy atom. The molecule has 1 aromatic heterocycles. The number of carbonyl (C=O) groups excluding carboxylic acids is 2. The molecule has 2 aromatic carbocycles. The SMILES string of the molecule is CCc1ccccc1OCC(=O)Nc1nc(-c2ccc(NC(C)=O)cc2F)cs1. The molecule has 1 heterocycles. The fourth-order valence-corrected chi connectivity index (χ4v) is 3.42. The zero-order chi connectivity index (χ0) is 20.8. The summed E-state index contributed by atoms with van der Waals surface area (Å²) < 4.78 is 19.9. The largest absolute Gasteiger partial charge is 0.483 e. The number of rotatable bonds is 7. The van der Waals surface area contributed by atoms with Crippen molar-refractivity contribution in [2.24, 2.45) is 0 Å². The summed E-state index contributed by atoms with van der Waals surface area (Å²) in [7, 11) is 0. The number of nitrogens with zero attached hydrogens (tertiary/aromatic N) is 1. The summed E-state index contributed by atoms with van der Waals surface area (Å²) in [5.41, 5.74) is 2.07. The number of benzene rings is 2. The van der Waals surface area contributed by atoms with Crippen LogP contribution >= 0.6 is 11.3 Å². The lowest BCUT2D eigenvalue weighted by Gasteiger charge is -2.09. The van der Waals surface area contributed by atoms with Gasteiger partial charge in [0.25, 0.3) is 5.91 Å². The quantitative estimate of drug-likeness (QED) is 0.598. The van der Waals surface area contributed by atoms with Crippen LogP contribution in [-0.2, 0) is 16.0 Å². The maximum atomic E-state index is 14.3. The van der Waals surface area contributed by atoms with Crippen molar-refractivity contribution in [1.29, 1.82) is 0 Å². The first-order valence-corrected chi connectivity index (χ1v) is 9.87. The molecule has 3 aromatic rings. The second-order valence-corrected chi connectivity index (χ2v) is 7.07. The van der Waals surface area contributed by atoms with Crippen LogP contribution in [0, 0.1) is 5.82 Å². The number of carbonyl (C=O) groups is 2. The molecule has 2 N–H and O–H groups in total. The lowest BCUT2D eigenvalue weighted by Crippen LogP contribution is -2.20. The van der Waals surface area contributed by atoms with Gasteiger partial charge in [0.2, 0.25) is 5.91 Å². The van der Waals surface area contributed by atoms with E-state index in [9.17, 15) is 14.0 Å². The van der Waals surface area contributed by atoms with Gasteiger partial charge in [-0.3, -0.25) is 14.9 Å². The van der Waals surface area contributed by atoms with Gasteiger partial charge in [-0.1, -0.05) is 25.1 Å². The predicted molar refractivity (Wildman–Crippen MR) is 112 cm³/mol. The van der Waals surface area contributed by atoms with Gasteiger partial charge < -0.3 is 10.1 Å². The molecule has 0 aliphatic rings. The van der Waals surface area contributed by atoms with Gasteiger partial charge >= 0.3 is 0 Å². The molecule has 0 radical (unpaired) electrons. The van der Waals surface area contributed by atoms with Crippen molar-refractivity contribution < 1.29 is 18.7 Å². The summed E-state index contributed by atoms with van der Waals surface area (Å²) in [5.74, 6) is -0.469. The average Bonchev–Trinajstić information content (AvgIpc) is 3.14. The number of nitrogens with one attached hydrogen (secondary N) is 2. The molecule has 0 saturated heterocycles. The topological polar surface area (TPSA) is 80.3 Å². The van der Waals surface area contributed by atoms with E-state index in [1.165, 1.54) is 30.4 Å². The standard InChI is InChI=1S/C21H20FN3O3S/c1-3-14-6-4-5-7-19(14)28-11-20(27)25-21-24-18(12-29-21)16-9-8-15(10-17(16)22)23-13(2)26/h4-10,12H,3,11H2,1-2H3,(H,23,26)(H,24,25,27). The van der Waals surface area contributed by atoms with E-state index in [1.54, 1.807) is 11.4 Å². The van der Waals surface area contributed by atoms with Crippen LogP contribution in [0.4, 0.5) is 15.2 Å². The summed E-state index contributed by atoms with van der Waals surface area (Å²) >= 11 is 1.19. The summed E-state index contributed by atoms with van der Waals surface area (Å²) in [6.07, 6.45) is 0.805. The van der Waals surface area contributed by atoms with Gasteiger partial charge in [0.05, 0.1) is 5.69 Å². The highest BCUT2D eigenvalue weighted by atomic mass is 32.1. The Morgan fingerprint density at radius 3 is 2.69 bits per heavy atom. The van der Waals surface area contributed by atoms with E-state index in [4.69, 9.17) is 4.74 Å². The van der Waals surface area contributed by atoms with Crippen molar-refractivity contribution in [3.63, 3.8) is 0 Å². The van der Waals surface area contributed by atoms with Gasteiger partial charge in [0.1, 0.15) is 11.6 Å². The Kier molecular flexibility index (Phi) is 6.56. The first kappa shape index (κ1) is 20.5. The minimum atomic E-state index is -0.515. The third kappa shape index (κ3) is 5.39. The summed E-state index contributed by atoms with van der Waals surface area (Å²) in [6, 6.07) is 11.9. The van der Waals surface area contributed by atoms with E-state index in [0.29, 0.717) is 22.3 Å². The van der Waals surface area contributed by atoms with Crippen LogP contribution in [-0.4, -0.2) is 23.4 Å². The van der Waals surface area contributed by atoms with Gasteiger partial charge in [-0.2, -0.15) is 0 Å². The lowest BCUT2D eigenvalue weighted by molar-refractivity contribution is -0.118. The molecule has 2 amide bonds. The number of amides is 2. The summed E-state index contributed by atoms with van der Waals surface area (Å²) in [5, 5.41) is 7.19. The fraction of sp³-hybridized carbons (Fsp3) is 0.190. The number of thiazole rings is 1. The molecule has 29 heavy (non-hydrogen) atoms. The smallest absolute Gasteiger partial charge is 0.264 e. The Hall–Kier alpha value is -3.26. The summed E-state index contributed by atoms with van der Waals surface area (Å²) in [4.78, 5) is 27.5. The number of para-hydroxylation sites is 1. The maximum Gasteiger partial charge on any atom is 0.264 e. The van der Waals surface area contributed by atoms with E-state index < -0.39 is 5.82 Å². The molecule has 150 valence electrons. The highest BCUT2D eigenvalue weighted by Crippen LogP contribution is 2.28. The number of halogens is 1. The third-order valence-corrected chi connectivity index (χ3v) is 4.79. The Bertz CT molecular complexity index is 1040. The van der Waals surface area contributed by atoms with E-state index in [2.05, 4.69) is 15.6 Å². The zero-order valence-corrected chi connectivity index (χ0v) is 16.8. The number of ether oxygens (including phenoxy) is 1. The van der Waals surface area contributed by atoms with Crippen molar-refractivity contribution >= 4 is 34.0 Å². The number of anilines is 2. The van der Waals surface area contributed by atoms with Crippen LogP contribution in [0.25, 0.3) is 11.3 Å². The molecule has 0 spiro atoms. The van der Waals surface area contributed by atoms with Gasteiger partial charge in [-0.25, -0.2) is 9.37 Å². The average molecular weight is 413 g/mol. The molecule has 3 rings (SSSR count). The van der Waals surface area contributed by atoms with Crippen LogP contribution in [0.3, 0.4) is 0 Å². The molecule has 0 atom stereocenters. The molecule has 0 fully saturated rings. The van der Waals surface area contributed by atoms with Crippen molar-refractivity contribution in [3.05, 3.63) is 59.2 Å². The maximum absolute atomic E-state index is 14.3. The van der Waals surface area contributed by atoms with Crippen molar-refractivity contribution in [3.8, 4) is 17.0 Å². The highest BCUT2D eigenvalue weighted by molar-refractivity contribution is 7.14. The minimum Gasteiger partial charge on any atom is -0.483 e. The van der Waals surface area contributed by atoms with Gasteiger partial charge in [0, 0.05) is 23.6 Å². The molecule has 0 aliphatic heterocycles. The van der Waals surface area contributed by atoms with Crippen LogP contribution in [0.2, 0.25) is 0 Å². The third-order valence-electron chi connectivity index (χ3n) is 4.03. The number of hydrogen-bond donors (Lipinski definition) is 2. The lowest BCUT2D eigenvalue weighted by atomic mass is 10.1.